The molecule has 3 rings (SSSR count). The zero-order valence-electron chi connectivity index (χ0n) is 13.7. The third-order valence-electron chi connectivity index (χ3n) is 4.48. The van der Waals surface area contributed by atoms with Crippen LogP contribution in [0.25, 0.3) is 10.9 Å². The number of hydrogen-bond acceptors (Lipinski definition) is 5. The van der Waals surface area contributed by atoms with E-state index in [-0.39, 0.29) is 0 Å². The SMILES string of the molecule is COCCN1CCN(c2ccc3cc(C#N)ccc3n2)C[C@@H]1C. The lowest BCUT2D eigenvalue weighted by atomic mass is 10.1. The van der Waals surface area contributed by atoms with E-state index in [4.69, 9.17) is 15.0 Å². The van der Waals surface area contributed by atoms with Gasteiger partial charge in [0.05, 0.1) is 23.8 Å². The molecular weight excluding hydrogens is 288 g/mol. The molecule has 1 aliphatic rings. The zero-order valence-corrected chi connectivity index (χ0v) is 13.7. The van der Waals surface area contributed by atoms with Gasteiger partial charge in [-0.25, -0.2) is 4.98 Å². The van der Waals surface area contributed by atoms with Crippen molar-refractivity contribution in [3.8, 4) is 6.07 Å². The van der Waals surface area contributed by atoms with Crippen LogP contribution in [0, 0.1) is 11.3 Å². The van der Waals surface area contributed by atoms with Gasteiger partial charge in [-0.2, -0.15) is 5.26 Å². The lowest BCUT2D eigenvalue weighted by Gasteiger charge is -2.40. The van der Waals surface area contributed by atoms with Crippen molar-refractivity contribution < 1.29 is 4.74 Å². The van der Waals surface area contributed by atoms with Crippen molar-refractivity contribution >= 4 is 16.7 Å². The van der Waals surface area contributed by atoms with Crippen LogP contribution in [-0.4, -0.2) is 55.8 Å². The average molecular weight is 310 g/mol. The summed E-state index contributed by atoms with van der Waals surface area (Å²) in [5, 5.41) is 9.99. The number of benzene rings is 1. The molecule has 0 saturated carbocycles. The van der Waals surface area contributed by atoms with Crippen molar-refractivity contribution in [2.45, 2.75) is 13.0 Å². The minimum absolute atomic E-state index is 0.484. The maximum atomic E-state index is 8.98. The van der Waals surface area contributed by atoms with Crippen LogP contribution >= 0.6 is 0 Å². The number of fused-ring (bicyclic) bond motifs is 1. The maximum Gasteiger partial charge on any atom is 0.129 e. The van der Waals surface area contributed by atoms with Gasteiger partial charge in [0.25, 0.3) is 0 Å². The van der Waals surface area contributed by atoms with E-state index in [0.717, 1.165) is 49.5 Å². The number of rotatable bonds is 4. The van der Waals surface area contributed by atoms with E-state index >= 15 is 0 Å². The summed E-state index contributed by atoms with van der Waals surface area (Å²) in [5.74, 6) is 1.01. The Morgan fingerprint density at radius 2 is 2.17 bits per heavy atom. The third-order valence-corrected chi connectivity index (χ3v) is 4.48. The Balaban J connectivity index is 1.75. The van der Waals surface area contributed by atoms with Gasteiger partial charge in [0.2, 0.25) is 0 Å². The Morgan fingerprint density at radius 1 is 1.30 bits per heavy atom. The van der Waals surface area contributed by atoms with Gasteiger partial charge in [-0.15, -0.1) is 0 Å². The molecule has 0 aliphatic carbocycles. The van der Waals surface area contributed by atoms with E-state index in [1.165, 1.54) is 0 Å². The molecule has 1 aromatic heterocycles. The number of nitriles is 1. The predicted molar refractivity (Wildman–Crippen MR) is 91.6 cm³/mol. The number of pyridine rings is 1. The molecule has 5 heteroatoms. The lowest BCUT2D eigenvalue weighted by Crippen LogP contribution is -2.52. The van der Waals surface area contributed by atoms with E-state index in [9.17, 15) is 0 Å². The summed E-state index contributed by atoms with van der Waals surface area (Å²) in [6, 6.07) is 12.4. The van der Waals surface area contributed by atoms with Gasteiger partial charge in [0.15, 0.2) is 0 Å². The van der Waals surface area contributed by atoms with Gasteiger partial charge in [-0.1, -0.05) is 0 Å². The van der Waals surface area contributed by atoms with Crippen molar-refractivity contribution in [2.24, 2.45) is 0 Å². The van der Waals surface area contributed by atoms with Gasteiger partial charge in [-0.05, 0) is 37.3 Å². The molecule has 1 saturated heterocycles. The second-order valence-corrected chi connectivity index (χ2v) is 6.01. The summed E-state index contributed by atoms with van der Waals surface area (Å²) >= 11 is 0. The molecule has 120 valence electrons. The summed E-state index contributed by atoms with van der Waals surface area (Å²) < 4.78 is 5.18. The molecule has 0 unspecified atom stereocenters. The summed E-state index contributed by atoms with van der Waals surface area (Å²) in [7, 11) is 1.75. The molecule has 1 aromatic carbocycles. The molecular formula is C18H22N4O. The number of hydrogen-bond donors (Lipinski definition) is 0. The Morgan fingerprint density at radius 3 is 2.91 bits per heavy atom. The number of anilines is 1. The van der Waals surface area contributed by atoms with Crippen molar-refractivity contribution in [3.63, 3.8) is 0 Å². The van der Waals surface area contributed by atoms with Crippen LogP contribution in [0.1, 0.15) is 12.5 Å². The van der Waals surface area contributed by atoms with Crippen LogP contribution in [0.3, 0.4) is 0 Å². The molecule has 1 atom stereocenters. The summed E-state index contributed by atoms with van der Waals surface area (Å²) in [6.07, 6.45) is 0. The summed E-state index contributed by atoms with van der Waals surface area (Å²) in [6.45, 7) is 6.98. The molecule has 0 N–H and O–H groups in total. The molecule has 0 radical (unpaired) electrons. The summed E-state index contributed by atoms with van der Waals surface area (Å²) in [4.78, 5) is 9.57. The van der Waals surface area contributed by atoms with E-state index in [1.807, 2.05) is 18.2 Å². The van der Waals surface area contributed by atoms with Crippen molar-refractivity contribution in [2.75, 3.05) is 44.8 Å². The number of nitrogens with zero attached hydrogens (tertiary/aromatic N) is 4. The molecule has 1 aliphatic heterocycles. The highest BCUT2D eigenvalue weighted by Crippen LogP contribution is 2.21. The monoisotopic (exact) mass is 310 g/mol. The van der Waals surface area contributed by atoms with E-state index in [1.54, 1.807) is 7.11 Å². The number of ether oxygens (including phenoxy) is 1. The van der Waals surface area contributed by atoms with Crippen LogP contribution in [0.5, 0.6) is 0 Å². The minimum atomic E-state index is 0.484. The average Bonchev–Trinajstić information content (AvgIpc) is 2.59. The first-order chi connectivity index (χ1) is 11.2. The third kappa shape index (κ3) is 3.44. The van der Waals surface area contributed by atoms with Crippen LogP contribution in [0.4, 0.5) is 5.82 Å². The van der Waals surface area contributed by atoms with E-state index < -0.39 is 0 Å². The molecule has 0 bridgehead atoms. The largest absolute Gasteiger partial charge is 0.383 e. The van der Waals surface area contributed by atoms with Gasteiger partial charge in [0, 0.05) is 44.7 Å². The van der Waals surface area contributed by atoms with Crippen LogP contribution in [-0.2, 0) is 4.74 Å². The first kappa shape index (κ1) is 15.7. The first-order valence-corrected chi connectivity index (χ1v) is 8.00. The number of methoxy groups -OCH3 is 1. The van der Waals surface area contributed by atoms with Crippen molar-refractivity contribution in [1.29, 1.82) is 5.26 Å². The Hall–Kier alpha value is -2.16. The number of aromatic nitrogens is 1. The van der Waals surface area contributed by atoms with Crippen molar-refractivity contribution in [1.82, 2.24) is 9.88 Å². The van der Waals surface area contributed by atoms with Gasteiger partial charge >= 0.3 is 0 Å². The second-order valence-electron chi connectivity index (χ2n) is 6.01. The fourth-order valence-corrected chi connectivity index (χ4v) is 3.10. The standard InChI is InChI=1S/C18H22N4O/c1-14-13-22(8-7-21(14)9-10-23-2)18-6-4-16-11-15(12-19)3-5-17(16)20-18/h3-6,11,14H,7-10,13H2,1-2H3/t14-/m0/s1. The first-order valence-electron chi connectivity index (χ1n) is 8.00. The van der Waals surface area contributed by atoms with Crippen LogP contribution < -0.4 is 4.90 Å². The fraction of sp³-hybridized carbons (Fsp3) is 0.444. The molecule has 2 heterocycles. The van der Waals surface area contributed by atoms with Crippen LogP contribution in [0.2, 0.25) is 0 Å². The highest BCUT2D eigenvalue weighted by Gasteiger charge is 2.24. The molecule has 0 amide bonds. The van der Waals surface area contributed by atoms with Gasteiger partial charge in [0.1, 0.15) is 5.82 Å². The lowest BCUT2D eigenvalue weighted by molar-refractivity contribution is 0.117. The highest BCUT2D eigenvalue weighted by atomic mass is 16.5. The van der Waals surface area contributed by atoms with Gasteiger partial charge < -0.3 is 9.64 Å². The van der Waals surface area contributed by atoms with Crippen LogP contribution in [0.15, 0.2) is 30.3 Å². The van der Waals surface area contributed by atoms with E-state index in [0.29, 0.717) is 11.6 Å². The van der Waals surface area contributed by atoms with Crippen molar-refractivity contribution in [3.05, 3.63) is 35.9 Å². The Bertz CT molecular complexity index is 725. The van der Waals surface area contributed by atoms with Gasteiger partial charge in [-0.3, -0.25) is 4.90 Å². The highest BCUT2D eigenvalue weighted by molar-refractivity contribution is 5.81. The van der Waals surface area contributed by atoms with E-state index in [2.05, 4.69) is 34.9 Å². The molecule has 1 fully saturated rings. The maximum absolute atomic E-state index is 8.98. The Kier molecular flexibility index (Phi) is 4.75. The Labute approximate surface area is 137 Å². The molecule has 0 spiro atoms. The summed E-state index contributed by atoms with van der Waals surface area (Å²) in [5.41, 5.74) is 1.61. The normalized spacial score (nSPS) is 19.0. The minimum Gasteiger partial charge on any atom is -0.383 e. The topological polar surface area (TPSA) is 52.4 Å². The number of piperazine rings is 1. The zero-order chi connectivity index (χ0) is 16.2. The smallest absolute Gasteiger partial charge is 0.129 e. The predicted octanol–water partition coefficient (Wildman–Crippen LogP) is 2.26. The quantitative estimate of drug-likeness (QED) is 0.867. The molecule has 5 nitrogen and oxygen atoms in total. The molecule has 2 aromatic rings. The fourth-order valence-electron chi connectivity index (χ4n) is 3.10. The second kappa shape index (κ2) is 6.95. The molecule has 23 heavy (non-hydrogen) atoms.